The minimum atomic E-state index is -1.11. The van der Waals surface area contributed by atoms with Crippen LogP contribution in [0.4, 0.5) is 0 Å². The number of likely N-dealkylation sites (tertiary alicyclic amines) is 1. The van der Waals surface area contributed by atoms with Gasteiger partial charge in [-0.2, -0.15) is 0 Å². The van der Waals surface area contributed by atoms with Crippen molar-refractivity contribution in [3.8, 4) is 0 Å². The molecule has 1 heterocycles. The van der Waals surface area contributed by atoms with E-state index in [-0.39, 0.29) is 0 Å². The van der Waals surface area contributed by atoms with E-state index in [1.807, 2.05) is 44.2 Å². The van der Waals surface area contributed by atoms with E-state index in [0.29, 0.717) is 32.2 Å². The van der Waals surface area contributed by atoms with E-state index in [4.69, 9.17) is 0 Å². The minimum Gasteiger partial charge on any atom is -0.480 e. The van der Waals surface area contributed by atoms with E-state index in [9.17, 15) is 19.8 Å². The lowest BCUT2D eigenvalue weighted by atomic mass is 9.92. The van der Waals surface area contributed by atoms with Gasteiger partial charge in [0.2, 0.25) is 0 Å². The number of benzene rings is 1. The molecule has 0 spiro atoms. The van der Waals surface area contributed by atoms with Crippen molar-refractivity contribution in [2.45, 2.75) is 57.2 Å². The highest BCUT2D eigenvalue weighted by Crippen LogP contribution is 2.46. The Labute approximate surface area is 130 Å². The zero-order valence-corrected chi connectivity index (χ0v) is 13.1. The Bertz CT molecular complexity index is 529. The first-order chi connectivity index (χ1) is 10.4. The van der Waals surface area contributed by atoms with Crippen molar-refractivity contribution in [3.63, 3.8) is 0 Å². The molecular formula is C17H23NO4. The van der Waals surface area contributed by atoms with Crippen LogP contribution in [0.25, 0.3) is 0 Å². The molecule has 0 saturated carbocycles. The van der Waals surface area contributed by atoms with E-state index in [1.165, 1.54) is 0 Å². The molecule has 1 aliphatic rings. The largest absolute Gasteiger partial charge is 0.480 e. The van der Waals surface area contributed by atoms with Crippen LogP contribution in [0, 0.1) is 0 Å². The Morgan fingerprint density at radius 2 is 1.45 bits per heavy atom. The molecule has 5 heteroatoms. The Morgan fingerprint density at radius 1 is 1.00 bits per heavy atom. The van der Waals surface area contributed by atoms with Crippen molar-refractivity contribution in [1.82, 2.24) is 4.90 Å². The predicted molar refractivity (Wildman–Crippen MR) is 82.5 cm³/mol. The Balaban J connectivity index is 2.50. The van der Waals surface area contributed by atoms with Crippen molar-refractivity contribution >= 4 is 11.9 Å². The first-order valence-electron chi connectivity index (χ1n) is 7.71. The Hall–Kier alpha value is -1.88. The lowest BCUT2D eigenvalue weighted by molar-refractivity contribution is -0.162. The van der Waals surface area contributed by atoms with E-state index >= 15 is 0 Å². The van der Waals surface area contributed by atoms with Gasteiger partial charge in [-0.1, -0.05) is 44.2 Å². The summed E-state index contributed by atoms with van der Waals surface area (Å²) in [6, 6.07) is 9.47. The van der Waals surface area contributed by atoms with Crippen molar-refractivity contribution in [3.05, 3.63) is 35.9 Å². The summed E-state index contributed by atoms with van der Waals surface area (Å²) in [4.78, 5) is 25.6. The number of carboxylic acids is 2. The molecule has 2 rings (SSSR count). The van der Waals surface area contributed by atoms with Crippen molar-refractivity contribution < 1.29 is 19.8 Å². The topological polar surface area (TPSA) is 77.8 Å². The standard InChI is InChI=1S/C17H23NO4/c1-3-16(14(19)20)10-11-17(4-2,15(21)22)18(16)12-13-8-6-5-7-9-13/h5-9H,3-4,10-12H2,1-2H3,(H,19,20)(H,21,22)/t16-,17+. The van der Waals surface area contributed by atoms with Crippen LogP contribution in [-0.4, -0.2) is 38.1 Å². The van der Waals surface area contributed by atoms with Gasteiger partial charge in [0.05, 0.1) is 0 Å². The van der Waals surface area contributed by atoms with Crippen molar-refractivity contribution in [2.24, 2.45) is 0 Å². The van der Waals surface area contributed by atoms with Gasteiger partial charge in [-0.3, -0.25) is 14.5 Å². The van der Waals surface area contributed by atoms with Gasteiger partial charge in [-0.25, -0.2) is 0 Å². The fourth-order valence-electron chi connectivity index (χ4n) is 3.64. The molecule has 22 heavy (non-hydrogen) atoms. The molecule has 0 unspecified atom stereocenters. The van der Waals surface area contributed by atoms with Crippen LogP contribution in [0.2, 0.25) is 0 Å². The fourth-order valence-corrected chi connectivity index (χ4v) is 3.64. The lowest BCUT2D eigenvalue weighted by Crippen LogP contribution is -2.60. The second-order valence-corrected chi connectivity index (χ2v) is 5.95. The van der Waals surface area contributed by atoms with Gasteiger partial charge in [0, 0.05) is 6.54 Å². The molecule has 5 nitrogen and oxygen atoms in total. The zero-order valence-electron chi connectivity index (χ0n) is 13.1. The van der Waals surface area contributed by atoms with Gasteiger partial charge >= 0.3 is 11.9 Å². The molecule has 120 valence electrons. The quantitative estimate of drug-likeness (QED) is 0.845. The van der Waals surface area contributed by atoms with Gasteiger partial charge in [-0.05, 0) is 31.2 Å². The Kier molecular flexibility index (Phi) is 4.56. The summed E-state index contributed by atoms with van der Waals surface area (Å²) < 4.78 is 0. The maximum Gasteiger partial charge on any atom is 0.324 e. The van der Waals surface area contributed by atoms with Crippen LogP contribution >= 0.6 is 0 Å². The summed E-state index contributed by atoms with van der Waals surface area (Å²) >= 11 is 0. The average molecular weight is 305 g/mol. The van der Waals surface area contributed by atoms with Gasteiger partial charge in [0.1, 0.15) is 11.1 Å². The van der Waals surface area contributed by atoms with Crippen LogP contribution in [0.5, 0.6) is 0 Å². The summed E-state index contributed by atoms with van der Waals surface area (Å²) in [6.45, 7) is 3.97. The van der Waals surface area contributed by atoms with Gasteiger partial charge in [0.25, 0.3) is 0 Å². The molecular weight excluding hydrogens is 282 g/mol. The molecule has 1 aromatic rings. The molecule has 1 saturated heterocycles. The number of nitrogens with zero attached hydrogens (tertiary/aromatic N) is 1. The first-order valence-corrected chi connectivity index (χ1v) is 7.71. The molecule has 0 aliphatic carbocycles. The highest BCUT2D eigenvalue weighted by Gasteiger charge is 2.60. The zero-order chi connectivity index (χ0) is 16.4. The Morgan fingerprint density at radius 3 is 1.82 bits per heavy atom. The molecule has 0 radical (unpaired) electrons. The van der Waals surface area contributed by atoms with E-state index in [0.717, 1.165) is 5.56 Å². The molecule has 1 aliphatic heterocycles. The maximum atomic E-state index is 11.9. The number of aliphatic carboxylic acids is 2. The summed E-state index contributed by atoms with van der Waals surface area (Å²) in [6.07, 6.45) is 1.52. The second-order valence-electron chi connectivity index (χ2n) is 5.95. The van der Waals surface area contributed by atoms with Crippen LogP contribution in [-0.2, 0) is 16.1 Å². The third kappa shape index (κ3) is 2.39. The molecule has 0 bridgehead atoms. The molecule has 1 fully saturated rings. The van der Waals surface area contributed by atoms with Crippen LogP contribution in [0.3, 0.4) is 0 Å². The monoisotopic (exact) mass is 305 g/mol. The van der Waals surface area contributed by atoms with Crippen LogP contribution in [0.15, 0.2) is 30.3 Å². The highest BCUT2D eigenvalue weighted by molar-refractivity contribution is 5.85. The summed E-state index contributed by atoms with van der Waals surface area (Å²) in [5, 5.41) is 19.6. The molecule has 2 atom stereocenters. The third-order valence-electron chi connectivity index (χ3n) is 5.14. The van der Waals surface area contributed by atoms with Gasteiger partial charge < -0.3 is 10.2 Å². The summed E-state index contributed by atoms with van der Waals surface area (Å²) in [7, 11) is 0. The van der Waals surface area contributed by atoms with Crippen molar-refractivity contribution in [1.29, 1.82) is 0 Å². The number of carbonyl (C=O) groups is 2. The maximum absolute atomic E-state index is 11.9. The fraction of sp³-hybridized carbons (Fsp3) is 0.529. The molecule has 0 amide bonds. The average Bonchev–Trinajstić information content (AvgIpc) is 2.84. The van der Waals surface area contributed by atoms with E-state index in [2.05, 4.69) is 0 Å². The number of carboxylic acid groups (broad SMARTS) is 2. The highest BCUT2D eigenvalue weighted by atomic mass is 16.4. The van der Waals surface area contributed by atoms with Crippen molar-refractivity contribution in [2.75, 3.05) is 0 Å². The second kappa shape index (κ2) is 6.08. The molecule has 1 aromatic carbocycles. The normalized spacial score (nSPS) is 28.6. The number of hydrogen-bond donors (Lipinski definition) is 2. The smallest absolute Gasteiger partial charge is 0.324 e. The number of rotatable bonds is 6. The molecule has 2 N–H and O–H groups in total. The predicted octanol–water partition coefficient (Wildman–Crippen LogP) is 2.75. The third-order valence-corrected chi connectivity index (χ3v) is 5.14. The number of hydrogen-bond acceptors (Lipinski definition) is 3. The molecule has 0 aromatic heterocycles. The SMILES string of the molecule is CC[C@@]1(C(=O)O)CC[C@](CC)(C(=O)O)N1Cc1ccccc1. The summed E-state index contributed by atoms with van der Waals surface area (Å²) in [5.41, 5.74) is -1.28. The van der Waals surface area contributed by atoms with E-state index < -0.39 is 23.0 Å². The lowest BCUT2D eigenvalue weighted by Gasteiger charge is -2.42. The van der Waals surface area contributed by atoms with Gasteiger partial charge in [-0.15, -0.1) is 0 Å². The summed E-state index contributed by atoms with van der Waals surface area (Å²) in [5.74, 6) is -1.86. The van der Waals surface area contributed by atoms with Crippen LogP contribution < -0.4 is 0 Å². The van der Waals surface area contributed by atoms with Gasteiger partial charge in [0.15, 0.2) is 0 Å². The first kappa shape index (κ1) is 16.5. The minimum absolute atomic E-state index is 0.334. The van der Waals surface area contributed by atoms with E-state index in [1.54, 1.807) is 4.90 Å². The van der Waals surface area contributed by atoms with Crippen LogP contribution in [0.1, 0.15) is 45.1 Å².